The first kappa shape index (κ1) is 28.0. The van der Waals surface area contributed by atoms with Crippen LogP contribution in [0.2, 0.25) is 0 Å². The summed E-state index contributed by atoms with van der Waals surface area (Å²) in [5.41, 5.74) is 3.39. The molecule has 3 aromatic rings. The van der Waals surface area contributed by atoms with Gasteiger partial charge in [0.15, 0.2) is 17.7 Å². The first-order chi connectivity index (χ1) is 18.9. The highest BCUT2D eigenvalue weighted by molar-refractivity contribution is 6.04. The second-order valence-corrected chi connectivity index (χ2v) is 11.7. The summed E-state index contributed by atoms with van der Waals surface area (Å²) in [6, 6.07) is 3.10. The SMILES string of the molecule is Cc1nc2c(cc(C(=O)NCC3COC3)n2C)c(-c2cc(F)c3c(c2C)CCCO3)c1[C@H](OC(C)(C)C)C(=O)O. The lowest BCUT2D eigenvalue weighted by Crippen LogP contribution is -2.39. The molecule has 1 amide bonds. The minimum absolute atomic E-state index is 0.241. The molecule has 0 aliphatic carbocycles. The van der Waals surface area contributed by atoms with Crippen LogP contribution in [0.4, 0.5) is 4.39 Å². The maximum absolute atomic E-state index is 15.5. The van der Waals surface area contributed by atoms with E-state index < -0.39 is 23.5 Å². The van der Waals surface area contributed by atoms with Crippen LogP contribution >= 0.6 is 0 Å². The van der Waals surface area contributed by atoms with Crippen LogP contribution in [0.1, 0.15) is 66.2 Å². The third-order valence-electron chi connectivity index (χ3n) is 7.56. The Morgan fingerprint density at radius 3 is 2.62 bits per heavy atom. The highest BCUT2D eigenvalue weighted by Gasteiger charge is 2.35. The molecule has 1 fully saturated rings. The Morgan fingerprint density at radius 1 is 1.27 bits per heavy atom. The van der Waals surface area contributed by atoms with Crippen LogP contribution in [0, 0.1) is 25.6 Å². The van der Waals surface area contributed by atoms with Crippen molar-refractivity contribution in [3.8, 4) is 16.9 Å². The van der Waals surface area contributed by atoms with E-state index in [4.69, 9.17) is 19.2 Å². The van der Waals surface area contributed by atoms with Crippen LogP contribution in [0.5, 0.6) is 5.75 Å². The molecular weight excluding hydrogens is 517 g/mol. The number of nitrogens with one attached hydrogen (secondary N) is 1. The van der Waals surface area contributed by atoms with Gasteiger partial charge in [-0.05, 0) is 70.7 Å². The molecule has 5 rings (SSSR count). The maximum Gasteiger partial charge on any atom is 0.337 e. The van der Waals surface area contributed by atoms with Crippen molar-refractivity contribution < 1.29 is 33.3 Å². The number of ether oxygens (including phenoxy) is 3. The van der Waals surface area contributed by atoms with Gasteiger partial charge in [0.1, 0.15) is 11.3 Å². The van der Waals surface area contributed by atoms with Crippen molar-refractivity contribution in [1.82, 2.24) is 14.9 Å². The highest BCUT2D eigenvalue weighted by Crippen LogP contribution is 2.44. The monoisotopic (exact) mass is 553 g/mol. The molecule has 1 aromatic carbocycles. The Bertz CT molecular complexity index is 1500. The van der Waals surface area contributed by atoms with E-state index in [2.05, 4.69) is 5.32 Å². The molecule has 1 atom stereocenters. The predicted octanol–water partition coefficient (Wildman–Crippen LogP) is 4.64. The van der Waals surface area contributed by atoms with Crippen LogP contribution in [-0.4, -0.2) is 58.5 Å². The number of fused-ring (bicyclic) bond motifs is 2. The Labute approximate surface area is 232 Å². The van der Waals surface area contributed by atoms with Crippen molar-refractivity contribution >= 4 is 22.9 Å². The van der Waals surface area contributed by atoms with Gasteiger partial charge in [-0.15, -0.1) is 0 Å². The van der Waals surface area contributed by atoms with E-state index in [-0.39, 0.29) is 17.6 Å². The summed E-state index contributed by atoms with van der Waals surface area (Å²) in [4.78, 5) is 30.7. The molecule has 0 spiro atoms. The molecule has 9 nitrogen and oxygen atoms in total. The quantitative estimate of drug-likeness (QED) is 0.439. The van der Waals surface area contributed by atoms with E-state index >= 15 is 4.39 Å². The van der Waals surface area contributed by atoms with Crippen molar-refractivity contribution in [3.63, 3.8) is 0 Å². The third kappa shape index (κ3) is 5.06. The van der Waals surface area contributed by atoms with Crippen LogP contribution in [0.25, 0.3) is 22.2 Å². The van der Waals surface area contributed by atoms with E-state index in [0.717, 1.165) is 17.5 Å². The van der Waals surface area contributed by atoms with Crippen molar-refractivity contribution in [2.24, 2.45) is 13.0 Å². The first-order valence-electron chi connectivity index (χ1n) is 13.6. The standard InChI is InChI=1S/C30H36FN3O6/c1-15-18-8-7-9-39-25(18)21(31)10-19(15)24-20-11-22(28(35)32-12-17-13-38-14-17)34(6)27(20)33-16(2)23(24)26(29(36)37)40-30(3,4)5/h10-11,17,26H,7-9,12-14H2,1-6H3,(H,32,35)(H,36,37)/t26-/m0/s1. The lowest BCUT2D eigenvalue weighted by Gasteiger charge is -2.29. The number of hydrogen-bond donors (Lipinski definition) is 2. The summed E-state index contributed by atoms with van der Waals surface area (Å²) in [7, 11) is 1.74. The number of aryl methyl sites for hydroxylation is 2. The number of rotatable bonds is 7. The number of aromatic nitrogens is 2. The van der Waals surface area contributed by atoms with Crippen molar-refractivity contribution in [3.05, 3.63) is 46.0 Å². The van der Waals surface area contributed by atoms with Crippen LogP contribution in [0.3, 0.4) is 0 Å². The van der Waals surface area contributed by atoms with Gasteiger partial charge in [0, 0.05) is 47.3 Å². The predicted molar refractivity (Wildman–Crippen MR) is 147 cm³/mol. The van der Waals surface area contributed by atoms with E-state index in [9.17, 15) is 14.7 Å². The fourth-order valence-corrected chi connectivity index (χ4v) is 5.52. The number of aliphatic carboxylic acids is 1. The molecule has 0 unspecified atom stereocenters. The molecule has 2 N–H and O–H groups in total. The molecule has 0 saturated carbocycles. The Morgan fingerprint density at radius 2 is 2.00 bits per heavy atom. The van der Waals surface area contributed by atoms with Crippen molar-refractivity contribution in [2.75, 3.05) is 26.4 Å². The van der Waals surface area contributed by atoms with Crippen LogP contribution in [-0.2, 0) is 27.7 Å². The zero-order valence-electron chi connectivity index (χ0n) is 23.8. The fraction of sp³-hybridized carbons (Fsp3) is 0.500. The van der Waals surface area contributed by atoms with Gasteiger partial charge in [0.05, 0.1) is 25.4 Å². The molecule has 2 aromatic heterocycles. The molecule has 10 heteroatoms. The number of carbonyl (C=O) groups excluding carboxylic acids is 1. The summed E-state index contributed by atoms with van der Waals surface area (Å²) < 4.78 is 34.2. The Balaban J connectivity index is 1.78. The molecule has 1 saturated heterocycles. The number of nitrogens with zero attached hydrogens (tertiary/aromatic N) is 2. The van der Waals surface area contributed by atoms with E-state index in [1.165, 1.54) is 6.07 Å². The number of hydrogen-bond acceptors (Lipinski definition) is 6. The minimum atomic E-state index is -1.38. The number of carboxylic acid groups (broad SMARTS) is 1. The molecule has 4 heterocycles. The van der Waals surface area contributed by atoms with Gasteiger partial charge in [-0.3, -0.25) is 4.79 Å². The average molecular weight is 554 g/mol. The lowest BCUT2D eigenvalue weighted by atomic mass is 9.86. The van der Waals surface area contributed by atoms with Gasteiger partial charge in [-0.25, -0.2) is 14.2 Å². The Kier molecular flexibility index (Phi) is 7.35. The smallest absolute Gasteiger partial charge is 0.337 e. The van der Waals surface area contributed by atoms with Gasteiger partial charge in [0.2, 0.25) is 0 Å². The first-order valence-corrected chi connectivity index (χ1v) is 13.6. The summed E-state index contributed by atoms with van der Waals surface area (Å²) >= 11 is 0. The minimum Gasteiger partial charge on any atom is -0.490 e. The molecule has 2 aliphatic heterocycles. The van der Waals surface area contributed by atoms with Gasteiger partial charge >= 0.3 is 5.97 Å². The summed E-state index contributed by atoms with van der Waals surface area (Å²) in [5, 5.41) is 13.9. The van der Waals surface area contributed by atoms with E-state index in [0.29, 0.717) is 71.9 Å². The summed E-state index contributed by atoms with van der Waals surface area (Å²) in [5.74, 6) is -1.46. The number of carbonyl (C=O) groups is 2. The second kappa shape index (κ2) is 10.5. The summed E-state index contributed by atoms with van der Waals surface area (Å²) in [6.45, 7) is 11.1. The largest absolute Gasteiger partial charge is 0.490 e. The van der Waals surface area contributed by atoms with E-state index in [1.54, 1.807) is 45.4 Å². The van der Waals surface area contributed by atoms with Gasteiger partial charge in [0.25, 0.3) is 5.91 Å². The number of pyridine rings is 1. The second-order valence-electron chi connectivity index (χ2n) is 11.7. The molecule has 40 heavy (non-hydrogen) atoms. The van der Waals surface area contributed by atoms with Gasteiger partial charge < -0.3 is 29.2 Å². The van der Waals surface area contributed by atoms with Gasteiger partial charge in [-0.1, -0.05) is 0 Å². The topological polar surface area (TPSA) is 112 Å². The Hall–Kier alpha value is -3.50. The number of amides is 1. The lowest BCUT2D eigenvalue weighted by molar-refractivity contribution is -0.160. The third-order valence-corrected chi connectivity index (χ3v) is 7.56. The zero-order valence-corrected chi connectivity index (χ0v) is 23.8. The summed E-state index contributed by atoms with van der Waals surface area (Å²) in [6.07, 6.45) is 0.0154. The number of carboxylic acids is 1. The highest BCUT2D eigenvalue weighted by atomic mass is 19.1. The molecular formula is C30H36FN3O6. The van der Waals surface area contributed by atoms with Gasteiger partial charge in [-0.2, -0.15) is 0 Å². The zero-order chi connectivity index (χ0) is 28.9. The molecule has 214 valence electrons. The van der Waals surface area contributed by atoms with Crippen LogP contribution < -0.4 is 10.1 Å². The van der Waals surface area contributed by atoms with Crippen LogP contribution in [0.15, 0.2) is 12.1 Å². The van der Waals surface area contributed by atoms with E-state index in [1.807, 2.05) is 6.92 Å². The fourth-order valence-electron chi connectivity index (χ4n) is 5.52. The maximum atomic E-state index is 15.5. The van der Waals surface area contributed by atoms with Crippen molar-refractivity contribution in [1.29, 1.82) is 0 Å². The average Bonchev–Trinajstić information content (AvgIpc) is 3.18. The molecule has 0 bridgehead atoms. The molecule has 0 radical (unpaired) electrons. The number of benzene rings is 1. The number of halogens is 1. The normalized spacial score (nSPS) is 16.3. The molecule has 2 aliphatic rings. The van der Waals surface area contributed by atoms with Crippen molar-refractivity contribution in [2.45, 2.75) is 59.2 Å².